The third-order valence-electron chi connectivity index (χ3n) is 3.61. The van der Waals surface area contributed by atoms with Crippen LogP contribution in [0.2, 0.25) is 0 Å². The minimum absolute atomic E-state index is 0.183. The van der Waals surface area contributed by atoms with E-state index in [-0.39, 0.29) is 5.41 Å². The van der Waals surface area contributed by atoms with Crippen molar-refractivity contribution in [1.82, 2.24) is 0 Å². The first-order valence-electron chi connectivity index (χ1n) is 5.87. The van der Waals surface area contributed by atoms with E-state index < -0.39 is 0 Å². The first kappa shape index (κ1) is 9.65. The quantitative estimate of drug-likeness (QED) is 0.699. The highest BCUT2D eigenvalue weighted by atomic mass is 14.4. The second-order valence-electron chi connectivity index (χ2n) is 4.45. The molecule has 0 amide bonds. The Hall–Kier alpha value is -1.56. The van der Waals surface area contributed by atoms with Crippen LogP contribution in [0.1, 0.15) is 24.0 Å². The lowest BCUT2D eigenvalue weighted by Crippen LogP contribution is -2.36. The molecule has 0 aliphatic heterocycles. The lowest BCUT2D eigenvalue weighted by molar-refractivity contribution is 0.418. The molecule has 1 radical (unpaired) electrons. The monoisotopic (exact) mass is 207 g/mol. The summed E-state index contributed by atoms with van der Waals surface area (Å²) in [5, 5.41) is 0. The van der Waals surface area contributed by atoms with Crippen LogP contribution in [0.5, 0.6) is 0 Å². The van der Waals surface area contributed by atoms with E-state index in [0.717, 1.165) is 0 Å². The summed E-state index contributed by atoms with van der Waals surface area (Å²) in [6.45, 7) is 0. The minimum Gasteiger partial charge on any atom is -0.0622 e. The molecule has 1 aliphatic carbocycles. The molecule has 2 aromatic rings. The van der Waals surface area contributed by atoms with Crippen LogP contribution in [0.4, 0.5) is 0 Å². The minimum atomic E-state index is 0.183. The third kappa shape index (κ3) is 1.37. The molecule has 0 atom stereocenters. The Morgan fingerprint density at radius 2 is 1.12 bits per heavy atom. The van der Waals surface area contributed by atoms with Crippen molar-refractivity contribution in [2.45, 2.75) is 18.3 Å². The summed E-state index contributed by atoms with van der Waals surface area (Å²) in [5.74, 6) is 0. The number of hydrogen-bond donors (Lipinski definition) is 0. The molecule has 0 saturated heterocycles. The van der Waals surface area contributed by atoms with Crippen molar-refractivity contribution in [1.29, 1.82) is 0 Å². The van der Waals surface area contributed by atoms with Crippen molar-refractivity contribution < 1.29 is 0 Å². The highest BCUT2D eigenvalue weighted by Gasteiger charge is 2.40. The second kappa shape index (κ2) is 3.79. The standard InChI is InChI=1S/C16H15/c1-3-8-14(9-4-1)16(12-7-13-16)15-10-5-2-6-11-15/h1-6,8-12H,7,13H2. The van der Waals surface area contributed by atoms with Crippen LogP contribution in [0.25, 0.3) is 0 Å². The van der Waals surface area contributed by atoms with Crippen LogP contribution >= 0.6 is 0 Å². The summed E-state index contributed by atoms with van der Waals surface area (Å²) in [4.78, 5) is 0. The Morgan fingerprint density at radius 3 is 1.44 bits per heavy atom. The van der Waals surface area contributed by atoms with E-state index in [1.807, 2.05) is 0 Å². The van der Waals surface area contributed by atoms with E-state index in [2.05, 4.69) is 67.1 Å². The maximum absolute atomic E-state index is 2.44. The SMILES string of the molecule is [CH]1CCC1(c1ccccc1)c1ccccc1. The Morgan fingerprint density at radius 1 is 0.688 bits per heavy atom. The van der Waals surface area contributed by atoms with Gasteiger partial charge in [0.2, 0.25) is 0 Å². The Bertz CT molecular complexity index is 410. The molecule has 0 spiro atoms. The summed E-state index contributed by atoms with van der Waals surface area (Å²) in [6.07, 6.45) is 4.91. The topological polar surface area (TPSA) is 0 Å². The zero-order chi connectivity index (χ0) is 10.8. The molecular weight excluding hydrogens is 192 g/mol. The van der Waals surface area contributed by atoms with Gasteiger partial charge in [0.25, 0.3) is 0 Å². The van der Waals surface area contributed by atoms with Crippen molar-refractivity contribution >= 4 is 0 Å². The molecule has 0 bridgehead atoms. The lowest BCUT2D eigenvalue weighted by atomic mass is 9.61. The van der Waals surface area contributed by atoms with E-state index in [4.69, 9.17) is 0 Å². The van der Waals surface area contributed by atoms with Crippen LogP contribution in [0.3, 0.4) is 0 Å². The maximum Gasteiger partial charge on any atom is 0.0234 e. The highest BCUT2D eigenvalue weighted by molar-refractivity contribution is 5.45. The number of hydrogen-bond acceptors (Lipinski definition) is 0. The zero-order valence-corrected chi connectivity index (χ0v) is 9.27. The Kier molecular flexibility index (Phi) is 2.28. The largest absolute Gasteiger partial charge is 0.0622 e. The van der Waals surface area contributed by atoms with Gasteiger partial charge in [0.15, 0.2) is 0 Å². The van der Waals surface area contributed by atoms with Gasteiger partial charge in [0.05, 0.1) is 0 Å². The fraction of sp³-hybridized carbons (Fsp3) is 0.188. The van der Waals surface area contributed by atoms with Crippen LogP contribution in [0.15, 0.2) is 60.7 Å². The predicted octanol–water partition coefficient (Wildman–Crippen LogP) is 3.97. The van der Waals surface area contributed by atoms with Crippen LogP contribution in [0, 0.1) is 6.42 Å². The van der Waals surface area contributed by atoms with Gasteiger partial charge in [-0.15, -0.1) is 0 Å². The number of rotatable bonds is 2. The Balaban J connectivity index is 2.08. The van der Waals surface area contributed by atoms with Crippen molar-refractivity contribution in [3.63, 3.8) is 0 Å². The van der Waals surface area contributed by atoms with Gasteiger partial charge >= 0.3 is 0 Å². The van der Waals surface area contributed by atoms with Crippen molar-refractivity contribution in [3.05, 3.63) is 78.2 Å². The molecular formula is C16H15. The van der Waals surface area contributed by atoms with E-state index in [1.54, 1.807) is 0 Å². The van der Waals surface area contributed by atoms with E-state index >= 15 is 0 Å². The molecule has 0 unspecified atom stereocenters. The van der Waals surface area contributed by atoms with Crippen LogP contribution in [-0.4, -0.2) is 0 Å². The molecule has 0 heterocycles. The highest BCUT2D eigenvalue weighted by Crippen LogP contribution is 2.47. The average Bonchev–Trinajstić information content (AvgIpc) is 2.31. The molecule has 1 aliphatic rings. The zero-order valence-electron chi connectivity index (χ0n) is 9.27. The van der Waals surface area contributed by atoms with Gasteiger partial charge < -0.3 is 0 Å². The summed E-state index contributed by atoms with van der Waals surface area (Å²) in [7, 11) is 0. The fourth-order valence-electron chi connectivity index (χ4n) is 2.60. The summed E-state index contributed by atoms with van der Waals surface area (Å²) >= 11 is 0. The smallest absolute Gasteiger partial charge is 0.0234 e. The average molecular weight is 207 g/mol. The van der Waals surface area contributed by atoms with E-state index in [0.29, 0.717) is 0 Å². The summed E-state index contributed by atoms with van der Waals surface area (Å²) < 4.78 is 0. The van der Waals surface area contributed by atoms with Crippen molar-refractivity contribution in [2.75, 3.05) is 0 Å². The first-order valence-corrected chi connectivity index (χ1v) is 5.87. The van der Waals surface area contributed by atoms with Gasteiger partial charge in [-0.1, -0.05) is 60.7 Å². The molecule has 1 fully saturated rings. The van der Waals surface area contributed by atoms with Gasteiger partial charge in [0, 0.05) is 5.41 Å². The molecule has 0 heteroatoms. The van der Waals surface area contributed by atoms with Crippen LogP contribution in [-0.2, 0) is 5.41 Å². The summed E-state index contributed by atoms with van der Waals surface area (Å²) in [6, 6.07) is 21.6. The fourth-order valence-corrected chi connectivity index (χ4v) is 2.60. The van der Waals surface area contributed by atoms with E-state index in [1.165, 1.54) is 24.0 Å². The van der Waals surface area contributed by atoms with Crippen molar-refractivity contribution in [3.8, 4) is 0 Å². The van der Waals surface area contributed by atoms with Gasteiger partial charge in [-0.2, -0.15) is 0 Å². The predicted molar refractivity (Wildman–Crippen MR) is 67.2 cm³/mol. The molecule has 0 N–H and O–H groups in total. The van der Waals surface area contributed by atoms with Crippen LogP contribution < -0.4 is 0 Å². The third-order valence-corrected chi connectivity index (χ3v) is 3.61. The normalized spacial score (nSPS) is 17.8. The van der Waals surface area contributed by atoms with Crippen molar-refractivity contribution in [2.24, 2.45) is 0 Å². The molecule has 16 heavy (non-hydrogen) atoms. The van der Waals surface area contributed by atoms with Gasteiger partial charge in [-0.3, -0.25) is 0 Å². The first-order chi connectivity index (χ1) is 7.92. The molecule has 79 valence electrons. The second-order valence-corrected chi connectivity index (χ2v) is 4.45. The molecule has 3 rings (SSSR count). The molecule has 0 nitrogen and oxygen atoms in total. The van der Waals surface area contributed by atoms with Gasteiger partial charge in [0.1, 0.15) is 0 Å². The number of benzene rings is 2. The Labute approximate surface area is 96.9 Å². The molecule has 1 saturated carbocycles. The van der Waals surface area contributed by atoms with Gasteiger partial charge in [-0.25, -0.2) is 0 Å². The van der Waals surface area contributed by atoms with Gasteiger partial charge in [-0.05, 0) is 30.4 Å². The maximum atomic E-state index is 2.44. The summed E-state index contributed by atoms with van der Waals surface area (Å²) in [5.41, 5.74) is 3.03. The lowest BCUT2D eigenvalue weighted by Gasteiger charge is -2.42. The van der Waals surface area contributed by atoms with E-state index in [9.17, 15) is 0 Å². The molecule has 0 aromatic heterocycles. The molecule has 2 aromatic carbocycles.